The zero-order chi connectivity index (χ0) is 12.7. The normalized spacial score (nSPS) is 10.2. The van der Waals surface area contributed by atoms with E-state index in [0.29, 0.717) is 11.8 Å². The summed E-state index contributed by atoms with van der Waals surface area (Å²) in [6, 6.07) is 7.55. The van der Waals surface area contributed by atoms with Gasteiger partial charge in [0.1, 0.15) is 5.69 Å². The SMILES string of the molecule is O=C(O)Cc1ccc([NH+](CCCl)CCCl)cc1.[Cl-]. The molecule has 1 aromatic carbocycles. The van der Waals surface area contributed by atoms with Crippen LogP contribution in [0.15, 0.2) is 24.3 Å². The predicted octanol–water partition coefficient (Wildman–Crippen LogP) is -1.69. The molecule has 1 rings (SSSR count). The third-order valence-electron chi connectivity index (χ3n) is 2.51. The van der Waals surface area contributed by atoms with Crippen LogP contribution in [0.3, 0.4) is 0 Å². The van der Waals surface area contributed by atoms with Crippen LogP contribution in [0.25, 0.3) is 0 Å². The molecule has 3 nitrogen and oxygen atoms in total. The fraction of sp³-hybridized carbons (Fsp3) is 0.417. The van der Waals surface area contributed by atoms with Crippen LogP contribution in [0.1, 0.15) is 5.56 Å². The Morgan fingerprint density at radius 2 is 1.61 bits per heavy atom. The largest absolute Gasteiger partial charge is 1.00 e. The highest BCUT2D eigenvalue weighted by Crippen LogP contribution is 2.06. The van der Waals surface area contributed by atoms with Gasteiger partial charge >= 0.3 is 5.97 Å². The maximum Gasteiger partial charge on any atom is 0.307 e. The summed E-state index contributed by atoms with van der Waals surface area (Å²) < 4.78 is 0. The molecule has 0 spiro atoms. The monoisotopic (exact) mass is 311 g/mol. The molecule has 18 heavy (non-hydrogen) atoms. The Kier molecular flexibility index (Phi) is 9.20. The standard InChI is InChI=1S/C12H15Cl2NO2.ClH/c13-5-7-15(8-6-14)11-3-1-10(2-4-11)9-12(16)17;/h1-4H,5-9H2,(H,16,17);1H. The van der Waals surface area contributed by atoms with E-state index < -0.39 is 5.97 Å². The van der Waals surface area contributed by atoms with Crippen LogP contribution in [-0.4, -0.2) is 35.9 Å². The number of hydrogen-bond acceptors (Lipinski definition) is 1. The van der Waals surface area contributed by atoms with E-state index in [4.69, 9.17) is 28.3 Å². The molecule has 0 aliphatic rings. The molecular formula is C12H16Cl3NO2. The van der Waals surface area contributed by atoms with Crippen molar-refractivity contribution in [1.29, 1.82) is 0 Å². The second kappa shape index (κ2) is 9.45. The summed E-state index contributed by atoms with van der Waals surface area (Å²) in [7, 11) is 0. The van der Waals surface area contributed by atoms with Crippen molar-refractivity contribution in [2.75, 3.05) is 24.8 Å². The number of hydrogen-bond donors (Lipinski definition) is 2. The van der Waals surface area contributed by atoms with Crippen LogP contribution in [0.5, 0.6) is 0 Å². The highest BCUT2D eigenvalue weighted by Gasteiger charge is 2.11. The van der Waals surface area contributed by atoms with Gasteiger partial charge in [-0.3, -0.25) is 4.79 Å². The number of carbonyl (C=O) groups is 1. The highest BCUT2D eigenvalue weighted by molar-refractivity contribution is 6.18. The lowest BCUT2D eigenvalue weighted by atomic mass is 10.1. The van der Waals surface area contributed by atoms with Gasteiger partial charge in [0.15, 0.2) is 0 Å². The average Bonchev–Trinajstić information content (AvgIpc) is 2.29. The Balaban J connectivity index is 0.00000289. The zero-order valence-electron chi connectivity index (χ0n) is 9.83. The quantitative estimate of drug-likeness (QED) is 0.590. The molecule has 0 aliphatic carbocycles. The first-order valence-electron chi connectivity index (χ1n) is 5.45. The van der Waals surface area contributed by atoms with Crippen LogP contribution in [0, 0.1) is 0 Å². The van der Waals surface area contributed by atoms with E-state index in [1.54, 1.807) is 0 Å². The minimum absolute atomic E-state index is 0. The van der Waals surface area contributed by atoms with Crippen molar-refractivity contribution in [3.63, 3.8) is 0 Å². The van der Waals surface area contributed by atoms with Crippen molar-refractivity contribution < 1.29 is 27.2 Å². The number of alkyl halides is 2. The number of rotatable bonds is 7. The molecule has 0 aromatic heterocycles. The van der Waals surface area contributed by atoms with Gasteiger partial charge in [-0.25, -0.2) is 0 Å². The molecule has 0 unspecified atom stereocenters. The molecule has 0 radical (unpaired) electrons. The number of quaternary nitrogens is 1. The van der Waals surface area contributed by atoms with Crippen molar-refractivity contribution in [2.24, 2.45) is 0 Å². The van der Waals surface area contributed by atoms with E-state index in [2.05, 4.69) is 0 Å². The van der Waals surface area contributed by atoms with Gasteiger partial charge in [-0.2, -0.15) is 0 Å². The molecular weight excluding hydrogens is 296 g/mol. The van der Waals surface area contributed by atoms with Crippen molar-refractivity contribution in [2.45, 2.75) is 6.42 Å². The van der Waals surface area contributed by atoms with E-state index in [1.807, 2.05) is 24.3 Å². The molecule has 0 aliphatic heterocycles. The molecule has 6 heteroatoms. The zero-order valence-corrected chi connectivity index (χ0v) is 12.1. The summed E-state index contributed by atoms with van der Waals surface area (Å²) in [5.74, 6) is 0.329. The molecule has 0 bridgehead atoms. The van der Waals surface area contributed by atoms with Crippen LogP contribution in [-0.2, 0) is 11.2 Å². The molecule has 0 fully saturated rings. The molecule has 0 heterocycles. The number of carboxylic acid groups (broad SMARTS) is 1. The molecule has 0 saturated heterocycles. The lowest BCUT2D eigenvalue weighted by Gasteiger charge is -2.16. The number of benzene rings is 1. The number of nitrogens with one attached hydrogen (secondary N) is 1. The average molecular weight is 313 g/mol. The van der Waals surface area contributed by atoms with Crippen molar-refractivity contribution in [1.82, 2.24) is 0 Å². The minimum atomic E-state index is -0.816. The topological polar surface area (TPSA) is 41.7 Å². The molecule has 2 N–H and O–H groups in total. The molecule has 0 amide bonds. The summed E-state index contributed by atoms with van der Waals surface area (Å²) >= 11 is 11.5. The second-order valence-electron chi connectivity index (χ2n) is 3.75. The first-order chi connectivity index (χ1) is 8.17. The van der Waals surface area contributed by atoms with Gasteiger partial charge in [0.2, 0.25) is 0 Å². The molecule has 102 valence electrons. The van der Waals surface area contributed by atoms with Crippen molar-refractivity contribution in [3.8, 4) is 0 Å². The van der Waals surface area contributed by atoms with E-state index in [1.165, 1.54) is 4.90 Å². The van der Waals surface area contributed by atoms with E-state index >= 15 is 0 Å². The Hall–Kier alpha value is -0.480. The number of carboxylic acids is 1. The molecule has 0 atom stereocenters. The van der Waals surface area contributed by atoms with E-state index in [-0.39, 0.29) is 18.8 Å². The third kappa shape index (κ3) is 5.91. The van der Waals surface area contributed by atoms with Crippen LogP contribution in [0.2, 0.25) is 0 Å². The summed E-state index contributed by atoms with van der Waals surface area (Å²) in [5.41, 5.74) is 1.90. The molecule has 0 saturated carbocycles. The lowest BCUT2D eigenvalue weighted by Crippen LogP contribution is -3.08. The van der Waals surface area contributed by atoms with E-state index in [9.17, 15) is 4.79 Å². The fourth-order valence-electron chi connectivity index (χ4n) is 1.67. The summed E-state index contributed by atoms with van der Waals surface area (Å²) in [6.45, 7) is 1.62. The van der Waals surface area contributed by atoms with Gasteiger partial charge in [-0.1, -0.05) is 12.1 Å². The first-order valence-corrected chi connectivity index (χ1v) is 6.52. The van der Waals surface area contributed by atoms with Gasteiger partial charge < -0.3 is 22.4 Å². The lowest BCUT2D eigenvalue weighted by molar-refractivity contribution is -0.827. The van der Waals surface area contributed by atoms with Crippen molar-refractivity contribution >= 4 is 34.9 Å². The van der Waals surface area contributed by atoms with Gasteiger partial charge in [0.05, 0.1) is 31.3 Å². The van der Waals surface area contributed by atoms with E-state index in [0.717, 1.165) is 24.3 Å². The van der Waals surface area contributed by atoms with Crippen LogP contribution >= 0.6 is 23.2 Å². The number of halogens is 3. The van der Waals surface area contributed by atoms with Crippen LogP contribution in [0.4, 0.5) is 5.69 Å². The number of aliphatic carboxylic acids is 1. The molecule has 1 aromatic rings. The third-order valence-corrected chi connectivity index (χ3v) is 2.89. The van der Waals surface area contributed by atoms with Gasteiger partial charge in [0, 0.05) is 0 Å². The Morgan fingerprint density at radius 3 is 2.00 bits per heavy atom. The second-order valence-corrected chi connectivity index (χ2v) is 4.50. The summed E-state index contributed by atoms with van der Waals surface area (Å²) in [4.78, 5) is 11.8. The summed E-state index contributed by atoms with van der Waals surface area (Å²) in [6.07, 6.45) is 0.0562. The predicted molar refractivity (Wildman–Crippen MR) is 69.6 cm³/mol. The fourth-order valence-corrected chi connectivity index (χ4v) is 2.13. The minimum Gasteiger partial charge on any atom is -1.00 e. The van der Waals surface area contributed by atoms with Gasteiger partial charge in [-0.15, -0.1) is 23.2 Å². The Bertz CT molecular complexity index is 351. The van der Waals surface area contributed by atoms with Gasteiger partial charge in [0.25, 0.3) is 0 Å². The highest BCUT2D eigenvalue weighted by atomic mass is 35.5. The maximum absolute atomic E-state index is 10.6. The van der Waals surface area contributed by atoms with Crippen LogP contribution < -0.4 is 17.3 Å². The Morgan fingerprint density at radius 1 is 1.11 bits per heavy atom. The Labute approximate surface area is 123 Å². The van der Waals surface area contributed by atoms with Crippen molar-refractivity contribution in [3.05, 3.63) is 29.8 Å². The summed E-state index contributed by atoms with van der Waals surface area (Å²) in [5, 5.41) is 8.67. The smallest absolute Gasteiger partial charge is 0.307 e. The van der Waals surface area contributed by atoms with Gasteiger partial charge in [-0.05, 0) is 17.7 Å². The maximum atomic E-state index is 10.6. The first kappa shape index (κ1) is 17.5.